The molecule has 1 unspecified atom stereocenters. The number of carbonyl (C=O) groups excluding carboxylic acids is 2. The van der Waals surface area contributed by atoms with E-state index in [1.165, 1.54) is 44.7 Å². The number of hydrogen-bond acceptors (Lipinski definition) is 8. The van der Waals surface area contributed by atoms with E-state index < -0.39 is 17.7 Å². The van der Waals surface area contributed by atoms with Gasteiger partial charge in [0.2, 0.25) is 0 Å². The molecular formula is C26H25NO7S. The zero-order valence-corrected chi connectivity index (χ0v) is 20.5. The molecule has 3 aromatic rings. The summed E-state index contributed by atoms with van der Waals surface area (Å²) in [5.41, 5.74) is 0.776. The lowest BCUT2D eigenvalue weighted by molar-refractivity contribution is -0.140. The zero-order valence-electron chi connectivity index (χ0n) is 19.7. The third-order valence-corrected chi connectivity index (χ3v) is 6.69. The Labute approximate surface area is 206 Å². The largest absolute Gasteiger partial charge is 0.507 e. The molecule has 0 radical (unpaired) electrons. The summed E-state index contributed by atoms with van der Waals surface area (Å²) in [6.07, 6.45) is 0. The van der Waals surface area contributed by atoms with Gasteiger partial charge in [0.05, 0.1) is 52.2 Å². The van der Waals surface area contributed by atoms with Gasteiger partial charge in [0, 0.05) is 4.88 Å². The third-order valence-electron chi connectivity index (χ3n) is 5.83. The molecule has 1 aliphatic rings. The fraction of sp³-hybridized carbons (Fsp3) is 0.231. The van der Waals surface area contributed by atoms with Crippen molar-refractivity contribution in [1.29, 1.82) is 0 Å². The number of aliphatic hydroxyl groups is 1. The number of nitrogens with zero attached hydrogens (tertiary/aromatic N) is 1. The maximum absolute atomic E-state index is 13.3. The van der Waals surface area contributed by atoms with E-state index in [0.717, 1.165) is 4.88 Å². The van der Waals surface area contributed by atoms with Crippen molar-refractivity contribution in [3.05, 3.63) is 75.5 Å². The minimum absolute atomic E-state index is 0.0506. The Balaban J connectivity index is 1.94. The minimum atomic E-state index is -0.868. The fourth-order valence-corrected chi connectivity index (χ4v) is 4.83. The fourth-order valence-electron chi connectivity index (χ4n) is 4.13. The highest BCUT2D eigenvalue weighted by molar-refractivity contribution is 7.09. The van der Waals surface area contributed by atoms with Gasteiger partial charge in [-0.3, -0.25) is 9.59 Å². The summed E-state index contributed by atoms with van der Waals surface area (Å²) in [4.78, 5) is 28.9. The monoisotopic (exact) mass is 495 g/mol. The standard InChI is InChI=1S/C26H25NO7S/c1-31-16-8-10-19(32-2)18(13-16)24(28)22-23(15-7-9-20(33-3)21(12-15)34-4)27(26(30)25(22)29)14-17-6-5-11-35-17/h5-13,23,28H,14H2,1-4H3/b24-22+. The lowest BCUT2D eigenvalue weighted by Gasteiger charge is -2.25. The Morgan fingerprint density at radius 3 is 2.26 bits per heavy atom. The van der Waals surface area contributed by atoms with Crippen molar-refractivity contribution in [2.24, 2.45) is 0 Å². The summed E-state index contributed by atoms with van der Waals surface area (Å²) >= 11 is 1.48. The number of Topliss-reactive ketones (excluding diaryl/α,β-unsaturated/α-hetero) is 1. The molecule has 1 saturated heterocycles. The van der Waals surface area contributed by atoms with E-state index in [4.69, 9.17) is 18.9 Å². The van der Waals surface area contributed by atoms with Crippen LogP contribution >= 0.6 is 11.3 Å². The molecule has 1 N–H and O–H groups in total. The number of rotatable bonds is 8. The number of amides is 1. The van der Waals surface area contributed by atoms with Crippen LogP contribution < -0.4 is 18.9 Å². The number of ketones is 1. The van der Waals surface area contributed by atoms with Gasteiger partial charge >= 0.3 is 0 Å². The number of ether oxygens (including phenoxy) is 4. The Morgan fingerprint density at radius 1 is 0.914 bits per heavy atom. The van der Waals surface area contributed by atoms with Gasteiger partial charge in [-0.2, -0.15) is 0 Å². The second kappa shape index (κ2) is 10.1. The van der Waals surface area contributed by atoms with E-state index in [1.807, 2.05) is 17.5 Å². The van der Waals surface area contributed by atoms with Crippen LogP contribution in [-0.4, -0.2) is 50.1 Å². The normalized spacial score (nSPS) is 16.9. The first-order chi connectivity index (χ1) is 16.9. The van der Waals surface area contributed by atoms with E-state index in [2.05, 4.69) is 0 Å². The smallest absolute Gasteiger partial charge is 0.295 e. The maximum Gasteiger partial charge on any atom is 0.295 e. The summed E-state index contributed by atoms with van der Waals surface area (Å²) in [5, 5.41) is 13.3. The number of likely N-dealkylation sites (tertiary alicyclic amines) is 1. The first-order valence-electron chi connectivity index (χ1n) is 10.7. The lowest BCUT2D eigenvalue weighted by Crippen LogP contribution is -2.28. The van der Waals surface area contributed by atoms with Crippen LogP contribution in [0.25, 0.3) is 5.76 Å². The number of carbonyl (C=O) groups is 2. The van der Waals surface area contributed by atoms with Crippen molar-refractivity contribution < 1.29 is 33.6 Å². The Morgan fingerprint density at radius 2 is 1.63 bits per heavy atom. The third kappa shape index (κ3) is 4.42. The van der Waals surface area contributed by atoms with Crippen LogP contribution in [0.5, 0.6) is 23.0 Å². The van der Waals surface area contributed by atoms with Crippen molar-refractivity contribution in [2.75, 3.05) is 28.4 Å². The Hall–Kier alpha value is -3.98. The van der Waals surface area contributed by atoms with Crippen LogP contribution in [0, 0.1) is 0 Å². The summed E-state index contributed by atoms with van der Waals surface area (Å²) in [6, 6.07) is 12.9. The summed E-state index contributed by atoms with van der Waals surface area (Å²) in [5.74, 6) is -0.119. The van der Waals surface area contributed by atoms with E-state index in [0.29, 0.717) is 28.6 Å². The van der Waals surface area contributed by atoms with Crippen LogP contribution in [0.2, 0.25) is 0 Å². The molecule has 2 aromatic carbocycles. The molecule has 0 saturated carbocycles. The Kier molecular flexibility index (Phi) is 6.97. The van der Waals surface area contributed by atoms with Crippen LogP contribution in [0.15, 0.2) is 59.5 Å². The number of hydrogen-bond donors (Lipinski definition) is 1. The molecule has 35 heavy (non-hydrogen) atoms. The number of thiophene rings is 1. The van der Waals surface area contributed by atoms with Gasteiger partial charge in [0.1, 0.15) is 17.3 Å². The highest BCUT2D eigenvalue weighted by atomic mass is 32.1. The topological polar surface area (TPSA) is 94.5 Å². The lowest BCUT2D eigenvalue weighted by atomic mass is 9.94. The number of methoxy groups -OCH3 is 4. The summed E-state index contributed by atoms with van der Waals surface area (Å²) in [6.45, 7) is 0.202. The van der Waals surface area contributed by atoms with Gasteiger partial charge in [0.25, 0.3) is 11.7 Å². The molecule has 0 aliphatic carbocycles. The quantitative estimate of drug-likeness (QED) is 0.281. The van der Waals surface area contributed by atoms with Gasteiger partial charge in [-0.15, -0.1) is 11.3 Å². The molecule has 1 aliphatic heterocycles. The molecule has 8 nitrogen and oxygen atoms in total. The van der Waals surface area contributed by atoms with Gasteiger partial charge < -0.3 is 29.0 Å². The van der Waals surface area contributed by atoms with Gasteiger partial charge in [-0.05, 0) is 47.3 Å². The average molecular weight is 496 g/mol. The van der Waals surface area contributed by atoms with Crippen LogP contribution in [0.4, 0.5) is 0 Å². The first-order valence-corrected chi connectivity index (χ1v) is 11.6. The van der Waals surface area contributed by atoms with Crippen LogP contribution in [0.3, 0.4) is 0 Å². The van der Waals surface area contributed by atoms with Gasteiger partial charge in [-0.25, -0.2) is 0 Å². The van der Waals surface area contributed by atoms with Crippen molar-refractivity contribution in [3.8, 4) is 23.0 Å². The zero-order chi connectivity index (χ0) is 25.1. The maximum atomic E-state index is 13.3. The van der Waals surface area contributed by atoms with Gasteiger partial charge in [-0.1, -0.05) is 12.1 Å². The number of benzene rings is 2. The predicted molar refractivity (Wildman–Crippen MR) is 131 cm³/mol. The molecule has 1 amide bonds. The minimum Gasteiger partial charge on any atom is -0.507 e. The summed E-state index contributed by atoms with van der Waals surface area (Å²) in [7, 11) is 5.98. The molecule has 2 heterocycles. The van der Waals surface area contributed by atoms with E-state index in [9.17, 15) is 14.7 Å². The van der Waals surface area contributed by atoms with Crippen molar-refractivity contribution in [1.82, 2.24) is 4.90 Å². The Bertz CT molecular complexity index is 1280. The summed E-state index contributed by atoms with van der Waals surface area (Å²) < 4.78 is 21.5. The van der Waals surface area contributed by atoms with E-state index in [-0.39, 0.29) is 23.4 Å². The molecular weight excluding hydrogens is 470 g/mol. The van der Waals surface area contributed by atoms with Crippen LogP contribution in [0.1, 0.15) is 22.0 Å². The SMILES string of the molecule is COc1ccc(OC)c(/C(O)=C2\C(=O)C(=O)N(Cc3cccs3)C2c2ccc(OC)c(OC)c2)c1. The molecule has 9 heteroatoms. The molecule has 1 atom stereocenters. The van der Waals surface area contributed by atoms with Crippen molar-refractivity contribution in [2.45, 2.75) is 12.6 Å². The van der Waals surface area contributed by atoms with E-state index >= 15 is 0 Å². The molecule has 182 valence electrons. The predicted octanol–water partition coefficient (Wildman–Crippen LogP) is 4.40. The highest BCUT2D eigenvalue weighted by Gasteiger charge is 2.46. The molecule has 1 aromatic heterocycles. The first kappa shape index (κ1) is 24.2. The molecule has 0 bridgehead atoms. The van der Waals surface area contributed by atoms with Gasteiger partial charge in [0.15, 0.2) is 11.5 Å². The second-order valence-electron chi connectivity index (χ2n) is 7.69. The highest BCUT2D eigenvalue weighted by Crippen LogP contribution is 2.44. The second-order valence-corrected chi connectivity index (χ2v) is 8.72. The van der Waals surface area contributed by atoms with Crippen LogP contribution in [-0.2, 0) is 16.1 Å². The molecule has 1 fully saturated rings. The molecule has 4 rings (SSSR count). The van der Waals surface area contributed by atoms with Crippen molar-refractivity contribution in [3.63, 3.8) is 0 Å². The average Bonchev–Trinajstić information content (AvgIpc) is 3.49. The number of aliphatic hydroxyl groups excluding tert-OH is 1. The molecule has 0 spiro atoms. The van der Waals surface area contributed by atoms with Crippen molar-refractivity contribution >= 4 is 28.8 Å². The van der Waals surface area contributed by atoms with E-state index in [1.54, 1.807) is 36.4 Å².